The maximum atomic E-state index is 13.9. The molecule has 0 unspecified atom stereocenters. The van der Waals surface area contributed by atoms with Gasteiger partial charge >= 0.3 is 0 Å². The number of nitrogens with one attached hydrogen (secondary N) is 2. The molecule has 0 amide bonds. The van der Waals surface area contributed by atoms with Crippen molar-refractivity contribution >= 4 is 57.5 Å². The summed E-state index contributed by atoms with van der Waals surface area (Å²) >= 11 is 13.0. The third kappa shape index (κ3) is 4.17. The van der Waals surface area contributed by atoms with E-state index in [0.717, 1.165) is 22.5 Å². The van der Waals surface area contributed by atoms with Gasteiger partial charge < -0.3 is 10.6 Å². The van der Waals surface area contributed by atoms with Crippen LogP contribution in [0, 0.1) is 13.8 Å². The lowest BCUT2D eigenvalue weighted by Crippen LogP contribution is -2.25. The zero-order chi connectivity index (χ0) is 25.4. The largest absolute Gasteiger partial charge is 0.355 e. The topological polar surface area (TPSA) is 58.2 Å². The number of carbonyl (C=O) groups excluding carboxylic acids is 2. The van der Waals surface area contributed by atoms with Crippen LogP contribution in [0.4, 0.5) is 22.7 Å². The summed E-state index contributed by atoms with van der Waals surface area (Å²) in [6.07, 6.45) is 0. The number of hydrogen-bond donors (Lipinski definition) is 2. The van der Waals surface area contributed by atoms with Crippen molar-refractivity contribution in [3.8, 4) is 0 Å². The second-order valence-corrected chi connectivity index (χ2v) is 9.44. The van der Waals surface area contributed by atoms with Gasteiger partial charge in [0.2, 0.25) is 0 Å². The van der Waals surface area contributed by atoms with Gasteiger partial charge in [-0.05, 0) is 49.2 Å². The number of benzene rings is 4. The molecule has 0 aliphatic heterocycles. The van der Waals surface area contributed by atoms with Crippen molar-refractivity contribution < 1.29 is 9.59 Å². The molecule has 1 aliphatic carbocycles. The summed E-state index contributed by atoms with van der Waals surface area (Å²) < 4.78 is 0. The van der Waals surface area contributed by atoms with Crippen molar-refractivity contribution in [1.82, 2.24) is 0 Å². The molecule has 0 spiro atoms. The molecule has 0 bridgehead atoms. The maximum Gasteiger partial charge on any atom is 0.196 e. The third-order valence-electron chi connectivity index (χ3n) is 6.50. The van der Waals surface area contributed by atoms with Gasteiger partial charge in [0.05, 0.1) is 22.5 Å². The Hall–Kier alpha value is -3.60. The molecular weight excluding hydrogens is 491 g/mol. The second kappa shape index (κ2) is 9.81. The van der Waals surface area contributed by atoms with Gasteiger partial charge in [0.1, 0.15) is 0 Å². The van der Waals surface area contributed by atoms with Crippen LogP contribution in [0.2, 0.25) is 0 Å². The Kier molecular flexibility index (Phi) is 6.57. The summed E-state index contributed by atoms with van der Waals surface area (Å²) in [4.78, 5) is 27.9. The van der Waals surface area contributed by atoms with Gasteiger partial charge in [0.15, 0.2) is 11.6 Å². The molecule has 0 atom stereocenters. The van der Waals surface area contributed by atoms with Gasteiger partial charge in [-0.15, -0.1) is 23.2 Å². The number of aryl methyl sites for hydroxylation is 2. The summed E-state index contributed by atoms with van der Waals surface area (Å²) in [6, 6.07) is 22.6. The lowest BCUT2D eigenvalue weighted by Gasteiger charge is -2.28. The van der Waals surface area contributed by atoms with Crippen LogP contribution >= 0.6 is 23.2 Å². The highest BCUT2D eigenvalue weighted by Crippen LogP contribution is 2.44. The molecule has 0 fully saturated rings. The van der Waals surface area contributed by atoms with E-state index in [9.17, 15) is 9.59 Å². The average Bonchev–Trinajstić information content (AvgIpc) is 2.89. The van der Waals surface area contributed by atoms with Crippen LogP contribution < -0.4 is 10.6 Å². The van der Waals surface area contributed by atoms with Gasteiger partial charge in [-0.25, -0.2) is 0 Å². The van der Waals surface area contributed by atoms with E-state index in [-0.39, 0.29) is 23.3 Å². The van der Waals surface area contributed by atoms with Gasteiger partial charge in [0.25, 0.3) is 0 Å². The first-order valence-corrected chi connectivity index (χ1v) is 12.7. The minimum atomic E-state index is -0.228. The van der Waals surface area contributed by atoms with Crippen LogP contribution in [0.15, 0.2) is 72.8 Å². The van der Waals surface area contributed by atoms with Crippen molar-refractivity contribution in [3.05, 3.63) is 117 Å². The number of fused-ring (bicyclic) bond motifs is 2. The molecule has 4 nitrogen and oxygen atoms in total. The van der Waals surface area contributed by atoms with E-state index in [1.54, 1.807) is 24.3 Å². The van der Waals surface area contributed by atoms with Crippen molar-refractivity contribution in [2.75, 3.05) is 10.6 Å². The molecule has 36 heavy (non-hydrogen) atoms. The molecule has 5 rings (SSSR count). The quantitative estimate of drug-likeness (QED) is 0.225. The Morgan fingerprint density at radius 1 is 0.583 bits per heavy atom. The number of hydrogen-bond acceptors (Lipinski definition) is 4. The summed E-state index contributed by atoms with van der Waals surface area (Å²) in [5.74, 6) is -0.242. The molecule has 0 aromatic heterocycles. The first-order chi connectivity index (χ1) is 17.4. The number of alkyl halides is 2. The molecule has 6 heteroatoms. The number of ketones is 2. The SMILES string of the molecule is Cc1ccc(Nc2c(CCl)c(CCl)c(Nc3ccc(C)cc3)c3c2C(=O)c2ccccc2C3=O)cc1. The highest BCUT2D eigenvalue weighted by molar-refractivity contribution is 6.33. The Balaban J connectivity index is 1.81. The van der Waals surface area contributed by atoms with Crippen LogP contribution in [0.3, 0.4) is 0 Å². The summed E-state index contributed by atoms with van der Waals surface area (Å²) in [5, 5.41) is 6.78. The molecule has 1 aliphatic rings. The number of halogens is 2. The van der Waals surface area contributed by atoms with E-state index < -0.39 is 0 Å². The monoisotopic (exact) mass is 514 g/mol. The predicted octanol–water partition coefficient (Wildman–Crippen LogP) is 8.04. The standard InChI is InChI=1S/C30H24Cl2N2O2/c1-17-7-11-19(12-8-17)33-27-23(15-31)24(16-32)28(34-20-13-9-18(2)10-14-20)26-25(27)29(35)21-5-3-4-6-22(21)30(26)36/h3-14,33-34H,15-16H2,1-2H3. The minimum Gasteiger partial charge on any atom is -0.355 e. The highest BCUT2D eigenvalue weighted by Gasteiger charge is 2.37. The predicted molar refractivity (Wildman–Crippen MR) is 148 cm³/mol. The van der Waals surface area contributed by atoms with Crippen molar-refractivity contribution in [2.24, 2.45) is 0 Å². The second-order valence-electron chi connectivity index (χ2n) is 8.91. The average molecular weight is 515 g/mol. The summed E-state index contributed by atoms with van der Waals surface area (Å²) in [7, 11) is 0. The zero-order valence-electron chi connectivity index (χ0n) is 19.9. The molecule has 2 N–H and O–H groups in total. The van der Waals surface area contributed by atoms with E-state index in [4.69, 9.17) is 23.2 Å². The first kappa shape index (κ1) is 24.1. The fraction of sp³-hybridized carbons (Fsp3) is 0.133. The van der Waals surface area contributed by atoms with Crippen LogP contribution in [0.1, 0.15) is 54.1 Å². The molecule has 180 valence electrons. The molecule has 0 saturated heterocycles. The first-order valence-electron chi connectivity index (χ1n) is 11.6. The number of carbonyl (C=O) groups is 2. The summed E-state index contributed by atoms with van der Waals surface area (Å²) in [5.41, 5.74) is 7.55. The maximum absolute atomic E-state index is 13.9. The lowest BCUT2D eigenvalue weighted by atomic mass is 9.79. The van der Waals surface area contributed by atoms with E-state index in [1.165, 1.54) is 0 Å². The molecule has 0 radical (unpaired) electrons. The minimum absolute atomic E-state index is 0.106. The molecule has 4 aromatic carbocycles. The third-order valence-corrected chi connectivity index (χ3v) is 7.03. The number of rotatable bonds is 6. The molecule has 0 saturated carbocycles. The smallest absolute Gasteiger partial charge is 0.196 e. The summed E-state index contributed by atoms with van der Waals surface area (Å²) in [6.45, 7) is 4.01. The molecule has 4 aromatic rings. The fourth-order valence-corrected chi connectivity index (χ4v) is 5.18. The Morgan fingerprint density at radius 2 is 0.944 bits per heavy atom. The number of anilines is 4. The Bertz CT molecular complexity index is 1380. The normalized spacial score (nSPS) is 12.2. The van der Waals surface area contributed by atoms with Gasteiger partial charge in [-0.3, -0.25) is 9.59 Å². The fourth-order valence-electron chi connectivity index (χ4n) is 4.59. The highest BCUT2D eigenvalue weighted by atomic mass is 35.5. The molecular formula is C30H24Cl2N2O2. The van der Waals surface area contributed by atoms with Crippen LogP contribution in [0.5, 0.6) is 0 Å². The van der Waals surface area contributed by atoms with Gasteiger partial charge in [-0.1, -0.05) is 59.7 Å². The van der Waals surface area contributed by atoms with Crippen LogP contribution in [-0.4, -0.2) is 11.6 Å². The zero-order valence-corrected chi connectivity index (χ0v) is 21.4. The Labute approximate surface area is 220 Å². The van der Waals surface area contributed by atoms with Crippen molar-refractivity contribution in [3.63, 3.8) is 0 Å². The Morgan fingerprint density at radius 3 is 1.28 bits per heavy atom. The van der Waals surface area contributed by atoms with Crippen LogP contribution in [-0.2, 0) is 11.8 Å². The van der Waals surface area contributed by atoms with Crippen molar-refractivity contribution in [2.45, 2.75) is 25.6 Å². The van der Waals surface area contributed by atoms with Gasteiger partial charge in [-0.2, -0.15) is 0 Å². The van der Waals surface area contributed by atoms with Gasteiger partial charge in [0, 0.05) is 34.3 Å². The van der Waals surface area contributed by atoms with Crippen molar-refractivity contribution in [1.29, 1.82) is 0 Å². The van der Waals surface area contributed by atoms with E-state index in [0.29, 0.717) is 44.8 Å². The van der Waals surface area contributed by atoms with Crippen LogP contribution in [0.25, 0.3) is 0 Å². The van der Waals surface area contributed by atoms with E-state index in [1.807, 2.05) is 62.4 Å². The van der Waals surface area contributed by atoms with E-state index in [2.05, 4.69) is 10.6 Å². The lowest BCUT2D eigenvalue weighted by molar-refractivity contribution is 0.0980. The van der Waals surface area contributed by atoms with E-state index >= 15 is 0 Å². The molecule has 0 heterocycles.